The van der Waals surface area contributed by atoms with Crippen molar-refractivity contribution in [3.63, 3.8) is 0 Å². The first-order chi connectivity index (χ1) is 29.3. The van der Waals surface area contributed by atoms with E-state index in [9.17, 15) is 0 Å². The Morgan fingerprint density at radius 1 is 0.271 bits per heavy atom. The summed E-state index contributed by atoms with van der Waals surface area (Å²) in [5, 5.41) is 2.47. The van der Waals surface area contributed by atoms with Crippen LogP contribution in [0, 0.1) is 0 Å². The lowest BCUT2D eigenvalue weighted by molar-refractivity contribution is 0.794. The molecule has 10 aromatic rings. The SMILES string of the molecule is c1ccc(-c2cc(-c3ccccc3)nc(-c3ccc(-c4cc5c(cc4-c4cccc6ccccc46)-c4ccccc4C54c5ccccc5-c5ccccc54)cc3)n2)cc1. The molecule has 2 aliphatic rings. The molecule has 1 aromatic heterocycles. The second kappa shape index (κ2) is 13.2. The first-order valence-corrected chi connectivity index (χ1v) is 20.3. The molecule has 274 valence electrons. The predicted molar refractivity (Wildman–Crippen MR) is 243 cm³/mol. The average Bonchev–Trinajstić information content (AvgIpc) is 3.78. The van der Waals surface area contributed by atoms with Gasteiger partial charge in [0.05, 0.1) is 16.8 Å². The second-order valence-corrected chi connectivity index (χ2v) is 15.6. The van der Waals surface area contributed by atoms with E-state index < -0.39 is 5.41 Å². The standard InChI is InChI=1S/C57H36N2/c1-3-17-39(18-4-1)54-36-55(40-19-5-2-6-20-40)59-56(58-54)41-32-30-38(31-33-41)47-35-53-49(34-48(47)43-26-15-21-37-16-7-8-22-42(37)43)46-25-11-14-29-52(46)57(53)50-27-12-9-23-44(50)45-24-10-13-28-51(45)57/h1-36H. The zero-order valence-corrected chi connectivity index (χ0v) is 32.2. The number of nitrogens with zero attached hydrogens (tertiary/aromatic N) is 2. The molecule has 2 nitrogen and oxygen atoms in total. The molecule has 0 N–H and O–H groups in total. The van der Waals surface area contributed by atoms with Crippen LogP contribution in [-0.2, 0) is 5.41 Å². The number of aromatic nitrogens is 2. The zero-order chi connectivity index (χ0) is 38.9. The van der Waals surface area contributed by atoms with Gasteiger partial charge in [-0.25, -0.2) is 9.97 Å². The summed E-state index contributed by atoms with van der Waals surface area (Å²) in [5.41, 5.74) is 19.8. The van der Waals surface area contributed by atoms with Crippen molar-refractivity contribution < 1.29 is 0 Å². The van der Waals surface area contributed by atoms with Crippen LogP contribution in [-0.4, -0.2) is 9.97 Å². The maximum Gasteiger partial charge on any atom is 0.160 e. The molecule has 1 heterocycles. The third-order valence-corrected chi connectivity index (χ3v) is 12.5. The molecule has 9 aromatic carbocycles. The molecule has 0 saturated carbocycles. The number of rotatable bonds is 5. The first kappa shape index (κ1) is 33.5. The van der Waals surface area contributed by atoms with Gasteiger partial charge in [0.25, 0.3) is 0 Å². The summed E-state index contributed by atoms with van der Waals surface area (Å²) in [6.07, 6.45) is 0. The molecule has 59 heavy (non-hydrogen) atoms. The molecule has 2 aliphatic carbocycles. The van der Waals surface area contributed by atoms with E-state index in [4.69, 9.17) is 9.97 Å². The Labute approximate surface area is 343 Å². The molecule has 0 atom stereocenters. The van der Waals surface area contributed by atoms with Crippen LogP contribution in [0.2, 0.25) is 0 Å². The Hall–Kier alpha value is -7.68. The highest BCUT2D eigenvalue weighted by molar-refractivity contribution is 6.04. The first-order valence-electron chi connectivity index (χ1n) is 20.3. The highest BCUT2D eigenvalue weighted by Gasteiger charge is 2.51. The summed E-state index contributed by atoms with van der Waals surface area (Å²) in [7, 11) is 0. The van der Waals surface area contributed by atoms with E-state index in [-0.39, 0.29) is 0 Å². The van der Waals surface area contributed by atoms with Crippen molar-refractivity contribution in [1.82, 2.24) is 9.97 Å². The molecule has 12 rings (SSSR count). The van der Waals surface area contributed by atoms with E-state index in [0.29, 0.717) is 5.82 Å². The number of benzene rings is 9. The fraction of sp³-hybridized carbons (Fsp3) is 0.0175. The van der Waals surface area contributed by atoms with Gasteiger partial charge in [0.1, 0.15) is 0 Å². The van der Waals surface area contributed by atoms with Gasteiger partial charge in [-0.05, 0) is 95.7 Å². The number of fused-ring (bicyclic) bond motifs is 11. The lowest BCUT2D eigenvalue weighted by atomic mass is 9.70. The van der Waals surface area contributed by atoms with Crippen molar-refractivity contribution >= 4 is 10.8 Å². The van der Waals surface area contributed by atoms with Crippen molar-refractivity contribution in [3.8, 4) is 78.4 Å². The smallest absolute Gasteiger partial charge is 0.160 e. The highest BCUT2D eigenvalue weighted by atomic mass is 14.9. The van der Waals surface area contributed by atoms with Gasteiger partial charge in [-0.15, -0.1) is 0 Å². The van der Waals surface area contributed by atoms with Gasteiger partial charge >= 0.3 is 0 Å². The van der Waals surface area contributed by atoms with Crippen LogP contribution in [0.4, 0.5) is 0 Å². The number of hydrogen-bond acceptors (Lipinski definition) is 2. The quantitative estimate of drug-likeness (QED) is 0.175. The van der Waals surface area contributed by atoms with Crippen molar-refractivity contribution in [1.29, 1.82) is 0 Å². The topological polar surface area (TPSA) is 25.8 Å². The minimum Gasteiger partial charge on any atom is -0.228 e. The van der Waals surface area contributed by atoms with Crippen LogP contribution in [0.25, 0.3) is 89.2 Å². The van der Waals surface area contributed by atoms with Crippen molar-refractivity contribution in [2.24, 2.45) is 0 Å². The largest absolute Gasteiger partial charge is 0.228 e. The predicted octanol–water partition coefficient (Wildman–Crippen LogP) is 14.3. The molecule has 0 unspecified atom stereocenters. The van der Waals surface area contributed by atoms with Gasteiger partial charge in [0.15, 0.2) is 5.82 Å². The Morgan fingerprint density at radius 3 is 1.36 bits per heavy atom. The molecule has 0 amide bonds. The van der Waals surface area contributed by atoms with Gasteiger partial charge in [0.2, 0.25) is 0 Å². The molecule has 1 spiro atoms. The molecule has 0 radical (unpaired) electrons. The molecular weight excluding hydrogens is 713 g/mol. The average molecular weight is 749 g/mol. The summed E-state index contributed by atoms with van der Waals surface area (Å²) in [6.45, 7) is 0. The summed E-state index contributed by atoms with van der Waals surface area (Å²) in [4.78, 5) is 10.3. The van der Waals surface area contributed by atoms with Crippen LogP contribution in [0.1, 0.15) is 22.3 Å². The van der Waals surface area contributed by atoms with Gasteiger partial charge in [-0.1, -0.05) is 200 Å². The second-order valence-electron chi connectivity index (χ2n) is 15.6. The lowest BCUT2D eigenvalue weighted by Crippen LogP contribution is -2.25. The van der Waals surface area contributed by atoms with Crippen LogP contribution in [0.3, 0.4) is 0 Å². The van der Waals surface area contributed by atoms with E-state index in [1.807, 2.05) is 12.1 Å². The van der Waals surface area contributed by atoms with Gasteiger partial charge < -0.3 is 0 Å². The van der Waals surface area contributed by atoms with Crippen molar-refractivity contribution in [3.05, 3.63) is 241 Å². The molecule has 0 saturated heterocycles. The fourth-order valence-electron chi connectivity index (χ4n) is 9.95. The van der Waals surface area contributed by atoms with Gasteiger partial charge in [-0.3, -0.25) is 0 Å². The molecule has 0 aliphatic heterocycles. The van der Waals surface area contributed by atoms with Crippen LogP contribution >= 0.6 is 0 Å². The third kappa shape index (κ3) is 5.06. The molecular formula is C57H36N2. The van der Waals surface area contributed by atoms with Crippen molar-refractivity contribution in [2.45, 2.75) is 5.41 Å². The van der Waals surface area contributed by atoms with E-state index >= 15 is 0 Å². The summed E-state index contributed by atoms with van der Waals surface area (Å²) < 4.78 is 0. The molecule has 0 bridgehead atoms. The maximum atomic E-state index is 5.15. The van der Waals surface area contributed by atoms with Crippen LogP contribution in [0.15, 0.2) is 218 Å². The van der Waals surface area contributed by atoms with Crippen LogP contribution in [0.5, 0.6) is 0 Å². The van der Waals surface area contributed by atoms with E-state index in [0.717, 1.165) is 33.6 Å². The lowest BCUT2D eigenvalue weighted by Gasteiger charge is -2.31. The Kier molecular flexibility index (Phi) is 7.48. The van der Waals surface area contributed by atoms with Gasteiger partial charge in [0, 0.05) is 16.7 Å². The Balaban J connectivity index is 1.10. The minimum atomic E-state index is -0.440. The normalized spacial score (nSPS) is 12.9. The van der Waals surface area contributed by atoms with Crippen LogP contribution < -0.4 is 0 Å². The monoisotopic (exact) mass is 748 g/mol. The fourth-order valence-corrected chi connectivity index (χ4v) is 9.95. The van der Waals surface area contributed by atoms with Gasteiger partial charge in [-0.2, -0.15) is 0 Å². The highest BCUT2D eigenvalue weighted by Crippen LogP contribution is 2.63. The molecule has 2 heteroatoms. The number of hydrogen-bond donors (Lipinski definition) is 0. The Morgan fingerprint density at radius 2 is 0.746 bits per heavy atom. The minimum absolute atomic E-state index is 0.440. The van der Waals surface area contributed by atoms with E-state index in [1.54, 1.807) is 0 Å². The summed E-state index contributed by atoms with van der Waals surface area (Å²) in [6, 6.07) is 79.3. The van der Waals surface area contributed by atoms with E-state index in [2.05, 4.69) is 206 Å². The molecule has 0 fully saturated rings. The summed E-state index contributed by atoms with van der Waals surface area (Å²) >= 11 is 0. The third-order valence-electron chi connectivity index (χ3n) is 12.5. The van der Waals surface area contributed by atoms with E-state index in [1.165, 1.54) is 72.0 Å². The maximum absolute atomic E-state index is 5.15. The van der Waals surface area contributed by atoms with Crippen molar-refractivity contribution in [2.75, 3.05) is 0 Å². The summed E-state index contributed by atoms with van der Waals surface area (Å²) in [5.74, 6) is 0.702. The zero-order valence-electron chi connectivity index (χ0n) is 32.2. The Bertz CT molecular complexity index is 3150.